The SMILES string of the molecule is CC1=C2C(=O)C[C@H](c3ccccc3)CC2=Nc2ccccc2N1. The van der Waals surface area contributed by atoms with Gasteiger partial charge in [-0.1, -0.05) is 42.5 Å². The van der Waals surface area contributed by atoms with Crippen LogP contribution in [-0.4, -0.2) is 11.5 Å². The van der Waals surface area contributed by atoms with Crippen molar-refractivity contribution in [2.45, 2.75) is 25.7 Å². The van der Waals surface area contributed by atoms with Crippen molar-refractivity contribution in [2.75, 3.05) is 5.32 Å². The minimum atomic E-state index is 0.182. The molecule has 2 aliphatic rings. The summed E-state index contributed by atoms with van der Waals surface area (Å²) in [5, 5.41) is 3.35. The number of anilines is 1. The van der Waals surface area contributed by atoms with Gasteiger partial charge >= 0.3 is 0 Å². The van der Waals surface area contributed by atoms with E-state index in [0.29, 0.717) is 6.42 Å². The lowest BCUT2D eigenvalue weighted by Crippen LogP contribution is -2.26. The van der Waals surface area contributed by atoms with Gasteiger partial charge in [0.1, 0.15) is 0 Å². The largest absolute Gasteiger partial charge is 0.357 e. The minimum absolute atomic E-state index is 0.182. The first-order valence-corrected chi connectivity index (χ1v) is 7.95. The zero-order chi connectivity index (χ0) is 15.8. The maximum atomic E-state index is 12.7. The molecular formula is C20H18N2O. The van der Waals surface area contributed by atoms with E-state index >= 15 is 0 Å². The lowest BCUT2D eigenvalue weighted by molar-refractivity contribution is -0.115. The number of carbonyl (C=O) groups is 1. The number of ketones is 1. The first-order valence-electron chi connectivity index (χ1n) is 7.95. The van der Waals surface area contributed by atoms with Crippen LogP contribution in [0.15, 0.2) is 70.9 Å². The summed E-state index contributed by atoms with van der Waals surface area (Å²) in [6, 6.07) is 18.2. The summed E-state index contributed by atoms with van der Waals surface area (Å²) in [5.74, 6) is 0.394. The fourth-order valence-corrected chi connectivity index (χ4v) is 3.47. The summed E-state index contributed by atoms with van der Waals surface area (Å²) in [6.07, 6.45) is 1.35. The predicted octanol–water partition coefficient (Wildman–Crippen LogP) is 4.61. The lowest BCUT2D eigenvalue weighted by atomic mass is 9.79. The van der Waals surface area contributed by atoms with Gasteiger partial charge in [0, 0.05) is 12.1 Å². The summed E-state index contributed by atoms with van der Waals surface area (Å²) in [5.41, 5.74) is 5.66. The molecule has 0 amide bonds. The third-order valence-corrected chi connectivity index (χ3v) is 4.57. The molecule has 1 atom stereocenters. The topological polar surface area (TPSA) is 41.5 Å². The standard InChI is InChI=1S/C20H18N2O/c1-13-20-18(22-17-10-6-5-9-16(17)21-13)11-15(12-19(20)23)14-7-3-2-4-8-14/h2-10,15,21H,11-12H2,1H3/t15-/m1/s1. The van der Waals surface area contributed by atoms with Gasteiger partial charge in [0.15, 0.2) is 5.78 Å². The van der Waals surface area contributed by atoms with Crippen molar-refractivity contribution >= 4 is 22.9 Å². The maximum Gasteiger partial charge on any atom is 0.167 e. The Morgan fingerprint density at radius 3 is 2.57 bits per heavy atom. The van der Waals surface area contributed by atoms with Crippen molar-refractivity contribution in [3.8, 4) is 0 Å². The van der Waals surface area contributed by atoms with Crippen LogP contribution >= 0.6 is 0 Å². The number of nitrogens with zero attached hydrogens (tertiary/aromatic N) is 1. The molecule has 0 spiro atoms. The van der Waals surface area contributed by atoms with E-state index in [0.717, 1.165) is 34.8 Å². The minimum Gasteiger partial charge on any atom is -0.357 e. The van der Waals surface area contributed by atoms with Crippen LogP contribution in [-0.2, 0) is 4.79 Å². The summed E-state index contributed by atoms with van der Waals surface area (Å²) >= 11 is 0. The molecule has 0 bridgehead atoms. The molecule has 23 heavy (non-hydrogen) atoms. The highest BCUT2D eigenvalue weighted by Crippen LogP contribution is 2.38. The van der Waals surface area contributed by atoms with E-state index in [-0.39, 0.29) is 11.7 Å². The van der Waals surface area contributed by atoms with Crippen LogP contribution in [0.3, 0.4) is 0 Å². The highest BCUT2D eigenvalue weighted by molar-refractivity contribution is 6.26. The summed E-state index contributed by atoms with van der Waals surface area (Å²) < 4.78 is 0. The van der Waals surface area contributed by atoms with Gasteiger partial charge in [0.25, 0.3) is 0 Å². The zero-order valence-electron chi connectivity index (χ0n) is 13.0. The Morgan fingerprint density at radius 2 is 1.74 bits per heavy atom. The molecule has 2 aromatic rings. The van der Waals surface area contributed by atoms with Crippen molar-refractivity contribution in [1.82, 2.24) is 0 Å². The van der Waals surface area contributed by atoms with Gasteiger partial charge in [-0.25, -0.2) is 0 Å². The molecule has 1 aliphatic carbocycles. The lowest BCUT2D eigenvalue weighted by Gasteiger charge is -2.25. The van der Waals surface area contributed by atoms with Crippen LogP contribution in [0.4, 0.5) is 11.4 Å². The molecule has 0 unspecified atom stereocenters. The highest BCUT2D eigenvalue weighted by Gasteiger charge is 2.32. The van der Waals surface area contributed by atoms with Crippen LogP contribution in [0.5, 0.6) is 0 Å². The van der Waals surface area contributed by atoms with E-state index in [1.165, 1.54) is 5.56 Å². The molecule has 4 rings (SSSR count). The van der Waals surface area contributed by atoms with Gasteiger partial charge in [0.05, 0.1) is 22.7 Å². The van der Waals surface area contributed by atoms with E-state index in [4.69, 9.17) is 4.99 Å². The summed E-state index contributed by atoms with van der Waals surface area (Å²) in [6.45, 7) is 1.97. The second-order valence-electron chi connectivity index (χ2n) is 6.14. The van der Waals surface area contributed by atoms with E-state index < -0.39 is 0 Å². The molecule has 3 nitrogen and oxygen atoms in total. The van der Waals surface area contributed by atoms with Crippen LogP contribution in [0, 0.1) is 0 Å². The number of carbonyl (C=O) groups excluding carboxylic acids is 1. The van der Waals surface area contributed by atoms with Gasteiger partial charge in [-0.15, -0.1) is 0 Å². The number of nitrogens with one attached hydrogen (secondary N) is 1. The number of fused-ring (bicyclic) bond motifs is 2. The fourth-order valence-electron chi connectivity index (χ4n) is 3.47. The van der Waals surface area contributed by atoms with Crippen molar-refractivity contribution in [2.24, 2.45) is 4.99 Å². The van der Waals surface area contributed by atoms with Crippen LogP contribution in [0.25, 0.3) is 0 Å². The van der Waals surface area contributed by atoms with Crippen molar-refractivity contribution in [3.05, 3.63) is 71.4 Å². The average molecular weight is 302 g/mol. The van der Waals surface area contributed by atoms with E-state index in [2.05, 4.69) is 17.4 Å². The molecule has 0 aromatic heterocycles. The van der Waals surface area contributed by atoms with E-state index in [1.54, 1.807) is 0 Å². The third-order valence-electron chi connectivity index (χ3n) is 4.57. The molecule has 0 radical (unpaired) electrons. The Bertz CT molecular complexity index is 834. The number of hydrogen-bond acceptors (Lipinski definition) is 3. The van der Waals surface area contributed by atoms with Crippen LogP contribution < -0.4 is 5.32 Å². The molecule has 1 N–H and O–H groups in total. The van der Waals surface area contributed by atoms with Crippen molar-refractivity contribution in [3.63, 3.8) is 0 Å². The van der Waals surface area contributed by atoms with Gasteiger partial charge in [0.2, 0.25) is 0 Å². The number of aliphatic imine (C=N–C) groups is 1. The molecular weight excluding hydrogens is 284 g/mol. The molecule has 1 fully saturated rings. The van der Waals surface area contributed by atoms with E-state index in [9.17, 15) is 4.79 Å². The number of rotatable bonds is 1. The highest BCUT2D eigenvalue weighted by atomic mass is 16.1. The molecule has 1 saturated carbocycles. The predicted molar refractivity (Wildman–Crippen MR) is 93.3 cm³/mol. The van der Waals surface area contributed by atoms with Crippen LogP contribution in [0.1, 0.15) is 31.2 Å². The molecule has 114 valence electrons. The normalized spacial score (nSPS) is 20.1. The third kappa shape index (κ3) is 2.48. The number of hydrogen-bond donors (Lipinski definition) is 1. The number of benzene rings is 2. The maximum absolute atomic E-state index is 12.7. The van der Waals surface area contributed by atoms with Crippen LogP contribution in [0.2, 0.25) is 0 Å². The van der Waals surface area contributed by atoms with Gasteiger partial charge in [-0.05, 0) is 37.0 Å². The second-order valence-corrected chi connectivity index (χ2v) is 6.14. The Hall–Kier alpha value is -2.68. The number of para-hydroxylation sites is 2. The monoisotopic (exact) mass is 302 g/mol. The van der Waals surface area contributed by atoms with Crippen molar-refractivity contribution in [1.29, 1.82) is 0 Å². The Morgan fingerprint density at radius 1 is 1.00 bits per heavy atom. The molecule has 1 heterocycles. The number of allylic oxidation sites excluding steroid dienone is 2. The summed E-state index contributed by atoms with van der Waals surface area (Å²) in [7, 11) is 0. The Kier molecular flexibility index (Phi) is 3.34. The van der Waals surface area contributed by atoms with Gasteiger partial charge in [-0.3, -0.25) is 9.79 Å². The first-order chi connectivity index (χ1) is 11.2. The molecule has 2 aromatic carbocycles. The van der Waals surface area contributed by atoms with E-state index in [1.807, 2.05) is 49.4 Å². The molecule has 3 heteroatoms. The van der Waals surface area contributed by atoms with Gasteiger partial charge in [-0.2, -0.15) is 0 Å². The van der Waals surface area contributed by atoms with Crippen molar-refractivity contribution < 1.29 is 4.79 Å². The Labute approximate surface area is 135 Å². The van der Waals surface area contributed by atoms with Gasteiger partial charge < -0.3 is 5.32 Å². The zero-order valence-corrected chi connectivity index (χ0v) is 13.0. The fraction of sp³-hybridized carbons (Fsp3) is 0.200. The second kappa shape index (κ2) is 5.51. The first kappa shape index (κ1) is 13.9. The molecule has 1 aliphatic heterocycles. The summed E-state index contributed by atoms with van der Waals surface area (Å²) in [4.78, 5) is 17.6. The smallest absolute Gasteiger partial charge is 0.167 e. The quantitative estimate of drug-likeness (QED) is 0.836. The number of Topliss-reactive ketones (excluding diaryl/α,β-unsaturated/α-hetero) is 1. The average Bonchev–Trinajstić information content (AvgIpc) is 2.71. The molecule has 0 saturated heterocycles. The Balaban J connectivity index is 1.79.